The van der Waals surface area contributed by atoms with E-state index in [4.69, 9.17) is 0 Å². The van der Waals surface area contributed by atoms with E-state index in [9.17, 15) is 0 Å². The van der Waals surface area contributed by atoms with Gasteiger partial charge in [0.15, 0.2) is 0 Å². The van der Waals surface area contributed by atoms with Crippen molar-refractivity contribution >= 4 is 9.52 Å². The van der Waals surface area contributed by atoms with Gasteiger partial charge < -0.3 is 0 Å². The molecular weight excluding hydrogens is 270 g/mol. The van der Waals surface area contributed by atoms with E-state index >= 15 is 0 Å². The Bertz CT molecular complexity index is 584. The largest absolute Gasteiger partial charge is 0.264 e. The van der Waals surface area contributed by atoms with Crippen molar-refractivity contribution in [2.75, 3.05) is 0 Å². The van der Waals surface area contributed by atoms with Crippen molar-refractivity contribution in [3.05, 3.63) is 102 Å². The molecular formula is C19H19NSi. The number of aromatic nitrogens is 1. The molecule has 0 aliphatic carbocycles. The molecule has 3 rings (SSSR count). The summed E-state index contributed by atoms with van der Waals surface area (Å²) in [6, 6.07) is 25.9. The van der Waals surface area contributed by atoms with Crippen LogP contribution in [0.2, 0.25) is 6.55 Å². The fourth-order valence-corrected chi connectivity index (χ4v) is 5.08. The van der Waals surface area contributed by atoms with Gasteiger partial charge in [0, 0.05) is 27.0 Å². The number of benzene rings is 2. The van der Waals surface area contributed by atoms with Crippen molar-refractivity contribution < 1.29 is 0 Å². The normalized spacial score (nSPS) is 11.9. The second-order valence-corrected chi connectivity index (χ2v) is 7.00. The minimum Gasteiger partial charge on any atom is -0.264 e. The summed E-state index contributed by atoms with van der Waals surface area (Å²) in [4.78, 5) is 4.37. The van der Waals surface area contributed by atoms with Crippen molar-refractivity contribution in [1.82, 2.24) is 4.98 Å². The van der Waals surface area contributed by atoms with Gasteiger partial charge in [-0.15, -0.1) is 0 Å². The van der Waals surface area contributed by atoms with E-state index in [0.717, 1.165) is 0 Å². The molecule has 21 heavy (non-hydrogen) atoms. The number of hydrogen-bond acceptors (Lipinski definition) is 1. The molecule has 0 atom stereocenters. The maximum Gasteiger partial charge on any atom is 0.0408 e. The summed E-state index contributed by atoms with van der Waals surface area (Å²) in [5.41, 5.74) is 4.05. The average Bonchev–Trinajstić information content (AvgIpc) is 2.59. The van der Waals surface area contributed by atoms with Gasteiger partial charge in [-0.3, -0.25) is 4.98 Å². The summed E-state index contributed by atoms with van der Waals surface area (Å²) in [6.45, 7) is 2.38. The minimum atomic E-state index is -0.414. The second-order valence-electron chi connectivity index (χ2n) is 5.23. The van der Waals surface area contributed by atoms with Crippen LogP contribution in [-0.4, -0.2) is 14.5 Å². The molecule has 0 saturated carbocycles. The molecule has 0 spiro atoms. The smallest absolute Gasteiger partial charge is 0.0408 e. The zero-order valence-corrected chi connectivity index (χ0v) is 13.7. The Kier molecular flexibility index (Phi) is 3.98. The first-order valence-corrected chi connectivity index (χ1v) is 9.51. The number of hydrogen-bond donors (Lipinski definition) is 0. The minimum absolute atomic E-state index is 0.00319. The standard InChI is InChI=1S/C19H19NSi/c1-21-19(16-9-4-2-5-10-16,17-11-6-3-7-12-17)18-13-8-14-20-15-18/h2-15H,21H2,1H3. The molecule has 0 saturated heterocycles. The highest BCUT2D eigenvalue weighted by Crippen LogP contribution is 2.37. The van der Waals surface area contributed by atoms with Gasteiger partial charge in [0.25, 0.3) is 0 Å². The predicted octanol–water partition coefficient (Wildman–Crippen LogP) is 3.59. The first kappa shape index (κ1) is 13.8. The summed E-state index contributed by atoms with van der Waals surface area (Å²) in [6.07, 6.45) is 3.87. The van der Waals surface area contributed by atoms with Crippen LogP contribution in [0.25, 0.3) is 0 Å². The molecule has 104 valence electrons. The lowest BCUT2D eigenvalue weighted by atomic mass is 9.84. The molecule has 1 aromatic heterocycles. The molecule has 0 N–H and O–H groups in total. The first-order chi connectivity index (χ1) is 10.4. The van der Waals surface area contributed by atoms with Crippen LogP contribution in [0, 0.1) is 0 Å². The van der Waals surface area contributed by atoms with Crippen molar-refractivity contribution in [3.8, 4) is 0 Å². The highest BCUT2D eigenvalue weighted by molar-refractivity contribution is 6.41. The summed E-state index contributed by atoms with van der Waals surface area (Å²) in [5, 5.41) is -0.00319. The lowest BCUT2D eigenvalue weighted by molar-refractivity contribution is 0.856. The average molecular weight is 289 g/mol. The summed E-state index contributed by atoms with van der Waals surface area (Å²) < 4.78 is 0. The van der Waals surface area contributed by atoms with Crippen LogP contribution in [0.5, 0.6) is 0 Å². The Balaban J connectivity index is 2.29. The third-order valence-electron chi connectivity index (χ3n) is 4.22. The SMILES string of the molecule is C[SiH2]C(c1ccccc1)(c1ccccc1)c1cccnc1. The maximum absolute atomic E-state index is 4.37. The molecule has 0 unspecified atom stereocenters. The van der Waals surface area contributed by atoms with Gasteiger partial charge in [0.2, 0.25) is 0 Å². The molecule has 2 aromatic carbocycles. The van der Waals surface area contributed by atoms with Crippen LogP contribution in [0.3, 0.4) is 0 Å². The van der Waals surface area contributed by atoms with Crippen molar-refractivity contribution in [1.29, 1.82) is 0 Å². The van der Waals surface area contributed by atoms with Gasteiger partial charge in [0.1, 0.15) is 0 Å². The topological polar surface area (TPSA) is 12.9 Å². The van der Waals surface area contributed by atoms with E-state index < -0.39 is 9.52 Å². The highest BCUT2D eigenvalue weighted by atomic mass is 28.2. The van der Waals surface area contributed by atoms with Crippen molar-refractivity contribution in [3.63, 3.8) is 0 Å². The monoisotopic (exact) mass is 289 g/mol. The van der Waals surface area contributed by atoms with Crippen LogP contribution in [0.15, 0.2) is 85.2 Å². The van der Waals surface area contributed by atoms with E-state index in [1.165, 1.54) is 16.7 Å². The fraction of sp³-hybridized carbons (Fsp3) is 0.105. The van der Waals surface area contributed by atoms with E-state index in [2.05, 4.69) is 78.3 Å². The molecule has 3 aromatic rings. The summed E-state index contributed by atoms with van der Waals surface area (Å²) in [7, 11) is -0.414. The number of rotatable bonds is 4. The molecule has 1 heterocycles. The third-order valence-corrected chi connectivity index (χ3v) is 6.50. The van der Waals surface area contributed by atoms with E-state index in [-0.39, 0.29) is 5.04 Å². The van der Waals surface area contributed by atoms with E-state index in [1.54, 1.807) is 0 Å². The number of nitrogens with zero attached hydrogens (tertiary/aromatic N) is 1. The molecule has 0 fully saturated rings. The number of pyridine rings is 1. The van der Waals surface area contributed by atoms with Gasteiger partial charge in [-0.25, -0.2) is 0 Å². The first-order valence-electron chi connectivity index (χ1n) is 7.39. The highest BCUT2D eigenvalue weighted by Gasteiger charge is 2.34. The van der Waals surface area contributed by atoms with Crippen molar-refractivity contribution in [2.24, 2.45) is 0 Å². The van der Waals surface area contributed by atoms with Crippen LogP contribution in [0.4, 0.5) is 0 Å². The van der Waals surface area contributed by atoms with Crippen LogP contribution < -0.4 is 0 Å². The quantitative estimate of drug-likeness (QED) is 0.669. The Morgan fingerprint density at radius 2 is 1.24 bits per heavy atom. The molecule has 0 amide bonds. The fourth-order valence-electron chi connectivity index (χ4n) is 3.17. The zero-order valence-electron chi connectivity index (χ0n) is 12.2. The molecule has 1 nitrogen and oxygen atoms in total. The second kappa shape index (κ2) is 6.06. The summed E-state index contributed by atoms with van der Waals surface area (Å²) >= 11 is 0. The maximum atomic E-state index is 4.37. The van der Waals surface area contributed by atoms with Crippen LogP contribution in [-0.2, 0) is 5.04 Å². The Morgan fingerprint density at radius 1 is 0.714 bits per heavy atom. The van der Waals surface area contributed by atoms with Crippen molar-refractivity contribution in [2.45, 2.75) is 11.6 Å². The lowest BCUT2D eigenvalue weighted by Crippen LogP contribution is -2.34. The summed E-state index contributed by atoms with van der Waals surface area (Å²) in [5.74, 6) is 0. The van der Waals surface area contributed by atoms with E-state index in [1.807, 2.05) is 18.5 Å². The van der Waals surface area contributed by atoms with Gasteiger partial charge in [-0.1, -0.05) is 73.3 Å². The van der Waals surface area contributed by atoms with Gasteiger partial charge in [0.05, 0.1) is 0 Å². The Labute approximate surface area is 128 Å². The molecule has 0 aliphatic rings. The third kappa shape index (κ3) is 2.43. The molecule has 0 bridgehead atoms. The van der Waals surface area contributed by atoms with Crippen LogP contribution >= 0.6 is 0 Å². The van der Waals surface area contributed by atoms with Gasteiger partial charge in [-0.2, -0.15) is 0 Å². The Morgan fingerprint density at radius 3 is 1.67 bits per heavy atom. The Hall–Kier alpha value is -2.19. The predicted molar refractivity (Wildman–Crippen MR) is 91.4 cm³/mol. The zero-order chi connectivity index (χ0) is 14.5. The lowest BCUT2D eigenvalue weighted by Gasteiger charge is -2.34. The van der Waals surface area contributed by atoms with Crippen LogP contribution in [0.1, 0.15) is 16.7 Å². The molecule has 0 radical (unpaired) electrons. The molecule has 2 heteroatoms. The molecule has 0 aliphatic heterocycles. The van der Waals surface area contributed by atoms with E-state index in [0.29, 0.717) is 0 Å². The van der Waals surface area contributed by atoms with Gasteiger partial charge in [-0.05, 0) is 22.8 Å². The van der Waals surface area contributed by atoms with Gasteiger partial charge >= 0.3 is 0 Å².